The zero-order chi connectivity index (χ0) is 14.1. The minimum atomic E-state index is -3.53. The molecule has 18 heavy (non-hydrogen) atoms. The monoisotopic (exact) mass is 326 g/mol. The first kappa shape index (κ1) is 15.8. The molecule has 102 valence electrons. The Kier molecular flexibility index (Phi) is 5.13. The van der Waals surface area contributed by atoms with E-state index >= 15 is 0 Å². The van der Waals surface area contributed by atoms with Crippen molar-refractivity contribution in [2.45, 2.75) is 30.5 Å². The summed E-state index contributed by atoms with van der Waals surface area (Å²) in [5.41, 5.74) is 6.19. The van der Waals surface area contributed by atoms with E-state index in [1.54, 1.807) is 19.9 Å². The molecule has 0 aliphatic carbocycles. The number of hydrogen-bond donors (Lipinski definition) is 1. The maximum atomic E-state index is 12.3. The van der Waals surface area contributed by atoms with Crippen LogP contribution in [0.25, 0.3) is 0 Å². The molecule has 1 heterocycles. The van der Waals surface area contributed by atoms with Gasteiger partial charge in [-0.3, -0.25) is 0 Å². The number of aryl methyl sites for hydroxylation is 1. The Balaban J connectivity index is 3.03. The summed E-state index contributed by atoms with van der Waals surface area (Å²) < 4.78 is 26.6. The zero-order valence-electron chi connectivity index (χ0n) is 10.3. The summed E-state index contributed by atoms with van der Waals surface area (Å²) in [7, 11) is -2.02. The molecule has 0 spiro atoms. The summed E-state index contributed by atoms with van der Waals surface area (Å²) in [5.74, 6) is 0. The van der Waals surface area contributed by atoms with Crippen LogP contribution in [0, 0.1) is 6.92 Å². The summed E-state index contributed by atoms with van der Waals surface area (Å²) >= 11 is 11.7. The smallest absolute Gasteiger partial charge is 0.252 e. The number of thiophene rings is 1. The molecular formula is C10H15ClN2O2S3. The summed E-state index contributed by atoms with van der Waals surface area (Å²) in [4.78, 5) is 0.296. The van der Waals surface area contributed by atoms with Gasteiger partial charge in [0.05, 0.1) is 9.32 Å². The molecule has 1 rings (SSSR count). The van der Waals surface area contributed by atoms with Gasteiger partial charge in [-0.2, -0.15) is 4.31 Å². The van der Waals surface area contributed by atoms with Crippen LogP contribution in [0.1, 0.15) is 18.9 Å². The first-order chi connectivity index (χ1) is 8.16. The van der Waals surface area contributed by atoms with Gasteiger partial charge in [0.25, 0.3) is 10.0 Å². The van der Waals surface area contributed by atoms with E-state index in [9.17, 15) is 8.42 Å². The van der Waals surface area contributed by atoms with Gasteiger partial charge < -0.3 is 5.73 Å². The number of nitrogens with two attached hydrogens (primary N) is 1. The topological polar surface area (TPSA) is 63.4 Å². The van der Waals surface area contributed by atoms with Crippen molar-refractivity contribution in [3.8, 4) is 0 Å². The maximum Gasteiger partial charge on any atom is 0.252 e. The lowest BCUT2D eigenvalue weighted by atomic mass is 10.2. The van der Waals surface area contributed by atoms with E-state index in [0.717, 1.165) is 16.9 Å². The van der Waals surface area contributed by atoms with Crippen molar-refractivity contribution in [2.75, 3.05) is 7.05 Å². The first-order valence-corrected chi connectivity index (χ1v) is 8.22. The predicted molar refractivity (Wildman–Crippen MR) is 79.9 cm³/mol. The van der Waals surface area contributed by atoms with Gasteiger partial charge in [0.1, 0.15) is 4.21 Å². The van der Waals surface area contributed by atoms with E-state index in [4.69, 9.17) is 29.6 Å². The maximum absolute atomic E-state index is 12.3. The number of thiocarbonyl (C=S) groups is 1. The third-order valence-corrected chi connectivity index (χ3v) is 6.73. The van der Waals surface area contributed by atoms with Gasteiger partial charge in [0.15, 0.2) is 0 Å². The van der Waals surface area contributed by atoms with Crippen LogP contribution in [0.4, 0.5) is 0 Å². The molecule has 0 radical (unpaired) electrons. The Hall–Kier alpha value is -0.210. The van der Waals surface area contributed by atoms with Gasteiger partial charge >= 0.3 is 0 Å². The van der Waals surface area contributed by atoms with Crippen LogP contribution in [-0.2, 0) is 10.0 Å². The highest BCUT2D eigenvalue weighted by molar-refractivity contribution is 7.91. The molecule has 0 amide bonds. The summed E-state index contributed by atoms with van der Waals surface area (Å²) in [6.45, 7) is 3.54. The number of rotatable bonds is 5. The molecule has 0 aromatic carbocycles. The van der Waals surface area contributed by atoms with Crippen LogP contribution in [0.2, 0.25) is 4.34 Å². The van der Waals surface area contributed by atoms with E-state index < -0.39 is 10.0 Å². The van der Waals surface area contributed by atoms with Crippen LogP contribution in [0.5, 0.6) is 0 Å². The first-order valence-electron chi connectivity index (χ1n) is 5.18. The average molecular weight is 327 g/mol. The number of sulfonamides is 1. The number of halogens is 1. The minimum Gasteiger partial charge on any atom is -0.393 e. The quantitative estimate of drug-likeness (QED) is 0.844. The van der Waals surface area contributed by atoms with Crippen LogP contribution in [0.15, 0.2) is 10.3 Å². The fourth-order valence-electron chi connectivity index (χ4n) is 1.36. The molecule has 0 aliphatic rings. The van der Waals surface area contributed by atoms with E-state index in [-0.39, 0.29) is 10.3 Å². The molecule has 1 aromatic rings. The normalized spacial score (nSPS) is 13.8. The van der Waals surface area contributed by atoms with Crippen LogP contribution in [-0.4, -0.2) is 30.8 Å². The number of nitrogens with zero attached hydrogens (tertiary/aromatic N) is 1. The van der Waals surface area contributed by atoms with Gasteiger partial charge in [0.2, 0.25) is 0 Å². The molecular weight excluding hydrogens is 312 g/mol. The van der Waals surface area contributed by atoms with Crippen molar-refractivity contribution in [3.05, 3.63) is 16.0 Å². The lowest BCUT2D eigenvalue weighted by molar-refractivity contribution is 0.398. The highest BCUT2D eigenvalue weighted by Gasteiger charge is 2.27. The Morgan fingerprint density at radius 2 is 2.22 bits per heavy atom. The molecule has 1 unspecified atom stereocenters. The second-order valence-corrected chi connectivity index (χ2v) is 8.47. The molecule has 0 fully saturated rings. The lowest BCUT2D eigenvalue weighted by Gasteiger charge is -2.23. The Morgan fingerprint density at radius 1 is 1.67 bits per heavy atom. The Labute approximate surface area is 122 Å². The highest BCUT2D eigenvalue weighted by atomic mass is 35.5. The van der Waals surface area contributed by atoms with E-state index in [0.29, 0.717) is 15.7 Å². The molecule has 0 bridgehead atoms. The zero-order valence-corrected chi connectivity index (χ0v) is 13.5. The lowest BCUT2D eigenvalue weighted by Crippen LogP contribution is -2.37. The molecule has 8 heteroatoms. The van der Waals surface area contributed by atoms with E-state index in [1.807, 2.05) is 0 Å². The molecule has 0 aliphatic heterocycles. The van der Waals surface area contributed by atoms with Gasteiger partial charge in [0, 0.05) is 19.5 Å². The van der Waals surface area contributed by atoms with Gasteiger partial charge in [-0.15, -0.1) is 11.3 Å². The van der Waals surface area contributed by atoms with Crippen LogP contribution >= 0.6 is 35.2 Å². The third kappa shape index (κ3) is 3.42. The fourth-order valence-corrected chi connectivity index (χ4v) is 4.85. The minimum absolute atomic E-state index is 0.238. The summed E-state index contributed by atoms with van der Waals surface area (Å²) in [6, 6.07) is 1.29. The Bertz CT molecular complexity index is 534. The molecule has 4 nitrogen and oxygen atoms in total. The largest absolute Gasteiger partial charge is 0.393 e. The van der Waals surface area contributed by atoms with Crippen molar-refractivity contribution in [1.82, 2.24) is 4.31 Å². The third-order valence-electron chi connectivity index (χ3n) is 2.59. The van der Waals surface area contributed by atoms with Crippen molar-refractivity contribution in [2.24, 2.45) is 5.73 Å². The van der Waals surface area contributed by atoms with Crippen LogP contribution in [0.3, 0.4) is 0 Å². The standard InChI is InChI=1S/C10H15ClN2O2S3/c1-6-4-9(17-10(6)11)18(14,15)13(3)7(2)5-8(12)16/h4,7H,5H2,1-3H3,(H2,12,16). The predicted octanol–water partition coefficient (Wildman–Crippen LogP) is 2.40. The molecule has 2 N–H and O–H groups in total. The summed E-state index contributed by atoms with van der Waals surface area (Å²) in [5, 5.41) is 0. The van der Waals surface area contributed by atoms with Crippen molar-refractivity contribution in [1.29, 1.82) is 0 Å². The van der Waals surface area contributed by atoms with E-state index in [1.165, 1.54) is 11.4 Å². The molecule has 0 saturated carbocycles. The second kappa shape index (κ2) is 5.83. The highest BCUT2D eigenvalue weighted by Crippen LogP contribution is 2.32. The van der Waals surface area contributed by atoms with Gasteiger partial charge in [-0.05, 0) is 25.5 Å². The SMILES string of the molecule is Cc1cc(S(=O)(=O)N(C)C(C)CC(N)=S)sc1Cl. The van der Waals surface area contributed by atoms with Crippen molar-refractivity contribution in [3.63, 3.8) is 0 Å². The molecule has 0 saturated heterocycles. The summed E-state index contributed by atoms with van der Waals surface area (Å²) in [6.07, 6.45) is 0.350. The molecule has 1 atom stereocenters. The average Bonchev–Trinajstić information content (AvgIpc) is 2.57. The van der Waals surface area contributed by atoms with Gasteiger partial charge in [-0.1, -0.05) is 23.8 Å². The van der Waals surface area contributed by atoms with Crippen molar-refractivity contribution < 1.29 is 8.42 Å². The van der Waals surface area contributed by atoms with E-state index in [2.05, 4.69) is 0 Å². The van der Waals surface area contributed by atoms with Crippen molar-refractivity contribution >= 4 is 50.2 Å². The van der Waals surface area contributed by atoms with Gasteiger partial charge in [-0.25, -0.2) is 8.42 Å². The number of hydrogen-bond acceptors (Lipinski definition) is 4. The second-order valence-electron chi connectivity index (χ2n) is 4.06. The van der Waals surface area contributed by atoms with Crippen LogP contribution < -0.4 is 5.73 Å². The Morgan fingerprint density at radius 3 is 2.61 bits per heavy atom. The molecule has 1 aromatic heterocycles. The fraction of sp³-hybridized carbons (Fsp3) is 0.500.